The van der Waals surface area contributed by atoms with Gasteiger partial charge in [-0.2, -0.15) is 0 Å². The summed E-state index contributed by atoms with van der Waals surface area (Å²) in [5.41, 5.74) is 6.81. The van der Waals surface area contributed by atoms with Crippen LogP contribution in [0.15, 0.2) is 35.2 Å². The normalized spacial score (nSPS) is 11.6. The van der Waals surface area contributed by atoms with Gasteiger partial charge in [0.15, 0.2) is 0 Å². The van der Waals surface area contributed by atoms with Crippen molar-refractivity contribution in [3.63, 3.8) is 0 Å². The van der Waals surface area contributed by atoms with Gasteiger partial charge in [-0.1, -0.05) is 32.4 Å². The van der Waals surface area contributed by atoms with Crippen molar-refractivity contribution in [1.82, 2.24) is 9.97 Å². The molecule has 3 nitrogen and oxygen atoms in total. The summed E-state index contributed by atoms with van der Waals surface area (Å²) < 4.78 is 0. The SMILES string of the molecule is CC(C)(C)c1cc(N)nc(CSc2ccc(Cl)cc2)n1. The molecule has 20 heavy (non-hydrogen) atoms. The van der Waals surface area contributed by atoms with Crippen molar-refractivity contribution in [3.05, 3.63) is 46.9 Å². The maximum Gasteiger partial charge on any atom is 0.141 e. The van der Waals surface area contributed by atoms with E-state index in [-0.39, 0.29) is 5.41 Å². The highest BCUT2D eigenvalue weighted by atomic mass is 35.5. The van der Waals surface area contributed by atoms with E-state index in [1.54, 1.807) is 11.8 Å². The minimum Gasteiger partial charge on any atom is -0.384 e. The summed E-state index contributed by atoms with van der Waals surface area (Å²) in [4.78, 5) is 10.0. The van der Waals surface area contributed by atoms with Crippen LogP contribution in [0.3, 0.4) is 0 Å². The lowest BCUT2D eigenvalue weighted by Gasteiger charge is -2.18. The Balaban J connectivity index is 2.13. The van der Waals surface area contributed by atoms with Crippen LogP contribution in [0.25, 0.3) is 0 Å². The fraction of sp³-hybridized carbons (Fsp3) is 0.333. The van der Waals surface area contributed by atoms with Crippen molar-refractivity contribution < 1.29 is 0 Å². The third kappa shape index (κ3) is 4.12. The van der Waals surface area contributed by atoms with Crippen molar-refractivity contribution in [1.29, 1.82) is 0 Å². The molecule has 1 aromatic carbocycles. The highest BCUT2D eigenvalue weighted by molar-refractivity contribution is 7.98. The van der Waals surface area contributed by atoms with E-state index < -0.39 is 0 Å². The smallest absolute Gasteiger partial charge is 0.141 e. The van der Waals surface area contributed by atoms with Crippen molar-refractivity contribution in [2.45, 2.75) is 36.8 Å². The van der Waals surface area contributed by atoms with E-state index in [2.05, 4.69) is 30.7 Å². The van der Waals surface area contributed by atoms with Gasteiger partial charge in [0.25, 0.3) is 0 Å². The molecule has 0 unspecified atom stereocenters. The molecule has 0 atom stereocenters. The van der Waals surface area contributed by atoms with Gasteiger partial charge in [-0.15, -0.1) is 11.8 Å². The first-order chi connectivity index (χ1) is 9.34. The molecule has 0 radical (unpaired) electrons. The van der Waals surface area contributed by atoms with Crippen LogP contribution in [0.1, 0.15) is 32.3 Å². The Labute approximate surface area is 129 Å². The first-order valence-corrected chi connectivity index (χ1v) is 7.73. The van der Waals surface area contributed by atoms with Gasteiger partial charge in [-0.3, -0.25) is 0 Å². The maximum absolute atomic E-state index is 5.87. The van der Waals surface area contributed by atoms with Crippen molar-refractivity contribution in [2.24, 2.45) is 0 Å². The van der Waals surface area contributed by atoms with Gasteiger partial charge in [0, 0.05) is 21.4 Å². The van der Waals surface area contributed by atoms with Gasteiger partial charge >= 0.3 is 0 Å². The topological polar surface area (TPSA) is 51.8 Å². The molecule has 0 spiro atoms. The molecule has 2 rings (SSSR count). The van der Waals surface area contributed by atoms with E-state index in [4.69, 9.17) is 17.3 Å². The lowest BCUT2D eigenvalue weighted by molar-refractivity contribution is 0.564. The Kier molecular flexibility index (Phi) is 4.55. The zero-order chi connectivity index (χ0) is 14.8. The van der Waals surface area contributed by atoms with Crippen molar-refractivity contribution in [2.75, 3.05) is 5.73 Å². The van der Waals surface area contributed by atoms with Crippen molar-refractivity contribution >= 4 is 29.2 Å². The van der Waals surface area contributed by atoms with Crippen LogP contribution < -0.4 is 5.73 Å². The lowest BCUT2D eigenvalue weighted by Crippen LogP contribution is -2.16. The summed E-state index contributed by atoms with van der Waals surface area (Å²) >= 11 is 7.54. The second-order valence-electron chi connectivity index (χ2n) is 5.59. The molecule has 106 valence electrons. The molecule has 1 heterocycles. The molecule has 0 aliphatic carbocycles. The highest BCUT2D eigenvalue weighted by Gasteiger charge is 2.17. The molecular weight excluding hydrogens is 290 g/mol. The van der Waals surface area contributed by atoms with E-state index in [1.165, 1.54) is 0 Å². The Morgan fingerprint density at radius 2 is 1.80 bits per heavy atom. The first kappa shape index (κ1) is 15.1. The van der Waals surface area contributed by atoms with Crippen LogP contribution in [-0.4, -0.2) is 9.97 Å². The molecule has 1 aromatic heterocycles. The predicted molar refractivity (Wildman–Crippen MR) is 86.2 cm³/mol. The van der Waals surface area contributed by atoms with E-state index in [0.717, 1.165) is 21.4 Å². The summed E-state index contributed by atoms with van der Waals surface area (Å²) in [6, 6.07) is 9.58. The zero-order valence-electron chi connectivity index (χ0n) is 11.9. The average Bonchev–Trinajstić information content (AvgIpc) is 2.36. The second kappa shape index (κ2) is 6.02. The van der Waals surface area contributed by atoms with E-state index in [0.29, 0.717) is 11.6 Å². The number of thioether (sulfide) groups is 1. The number of nitrogens with zero attached hydrogens (tertiary/aromatic N) is 2. The maximum atomic E-state index is 5.87. The molecule has 2 aromatic rings. The van der Waals surface area contributed by atoms with Gasteiger partial charge < -0.3 is 5.73 Å². The average molecular weight is 308 g/mol. The number of hydrogen-bond donors (Lipinski definition) is 1. The minimum atomic E-state index is -0.0310. The predicted octanol–water partition coefficient (Wildman–Crippen LogP) is 4.30. The lowest BCUT2D eigenvalue weighted by atomic mass is 9.92. The largest absolute Gasteiger partial charge is 0.384 e. The Morgan fingerprint density at radius 1 is 1.15 bits per heavy atom. The number of nitrogens with two attached hydrogens (primary N) is 1. The Morgan fingerprint density at radius 3 is 2.40 bits per heavy atom. The number of anilines is 1. The molecule has 0 amide bonds. The molecular formula is C15H18ClN3S. The number of benzene rings is 1. The number of aromatic nitrogens is 2. The summed E-state index contributed by atoms with van der Waals surface area (Å²) in [5.74, 6) is 1.97. The van der Waals surface area contributed by atoms with Gasteiger partial charge in [-0.25, -0.2) is 9.97 Å². The molecule has 0 saturated carbocycles. The summed E-state index contributed by atoms with van der Waals surface area (Å²) in [7, 11) is 0. The quantitative estimate of drug-likeness (QED) is 0.859. The van der Waals surface area contributed by atoms with E-state index >= 15 is 0 Å². The monoisotopic (exact) mass is 307 g/mol. The standard InChI is InChI=1S/C15H18ClN3S/c1-15(2,3)12-8-13(17)19-14(18-12)9-20-11-6-4-10(16)5-7-11/h4-8H,9H2,1-3H3,(H2,17,18,19). The van der Waals surface area contributed by atoms with E-state index in [9.17, 15) is 0 Å². The van der Waals surface area contributed by atoms with E-state index in [1.807, 2.05) is 30.3 Å². The summed E-state index contributed by atoms with van der Waals surface area (Å²) in [5, 5.41) is 0.740. The number of halogens is 1. The Bertz CT molecular complexity index is 591. The molecule has 0 bridgehead atoms. The number of rotatable bonds is 3. The van der Waals surface area contributed by atoms with Crippen LogP contribution in [0.4, 0.5) is 5.82 Å². The third-order valence-electron chi connectivity index (χ3n) is 2.74. The molecule has 5 heteroatoms. The van der Waals surface area contributed by atoms with Crippen LogP contribution in [0, 0.1) is 0 Å². The molecule has 0 fully saturated rings. The molecule has 0 aliphatic rings. The van der Waals surface area contributed by atoms with Crippen LogP contribution in [-0.2, 0) is 11.2 Å². The second-order valence-corrected chi connectivity index (χ2v) is 7.07. The number of hydrogen-bond acceptors (Lipinski definition) is 4. The van der Waals surface area contributed by atoms with Gasteiger partial charge in [0.2, 0.25) is 0 Å². The summed E-state index contributed by atoms with van der Waals surface area (Å²) in [6.07, 6.45) is 0. The van der Waals surface area contributed by atoms with Gasteiger partial charge in [0.1, 0.15) is 11.6 Å². The first-order valence-electron chi connectivity index (χ1n) is 6.37. The summed E-state index contributed by atoms with van der Waals surface area (Å²) in [6.45, 7) is 6.35. The molecule has 0 aliphatic heterocycles. The van der Waals surface area contributed by atoms with Crippen LogP contribution in [0.2, 0.25) is 5.02 Å². The van der Waals surface area contributed by atoms with Gasteiger partial charge in [0.05, 0.1) is 11.4 Å². The zero-order valence-corrected chi connectivity index (χ0v) is 13.4. The van der Waals surface area contributed by atoms with Crippen LogP contribution >= 0.6 is 23.4 Å². The third-order valence-corrected chi connectivity index (χ3v) is 4.00. The number of nitrogen functional groups attached to an aromatic ring is 1. The highest BCUT2D eigenvalue weighted by Crippen LogP contribution is 2.25. The minimum absolute atomic E-state index is 0.0310. The van der Waals surface area contributed by atoms with Crippen LogP contribution in [0.5, 0.6) is 0 Å². The molecule has 2 N–H and O–H groups in total. The fourth-order valence-corrected chi connectivity index (χ4v) is 2.52. The van der Waals surface area contributed by atoms with Gasteiger partial charge in [-0.05, 0) is 24.3 Å². The fourth-order valence-electron chi connectivity index (χ4n) is 1.65. The molecule has 0 saturated heterocycles. The Hall–Kier alpha value is -1.26. The van der Waals surface area contributed by atoms with Crippen molar-refractivity contribution in [3.8, 4) is 0 Å².